The maximum atomic E-state index is 11.7. The molecule has 0 radical (unpaired) electrons. The molecule has 0 saturated heterocycles. The zero-order valence-electron chi connectivity index (χ0n) is 7.96. The number of halogens is 1. The molecule has 0 bridgehead atoms. The van der Waals surface area contributed by atoms with E-state index in [1.807, 2.05) is 11.2 Å². The van der Waals surface area contributed by atoms with Crippen LogP contribution in [-0.2, 0) is 4.79 Å². The standard InChI is InChI=1S/C9H16BrNOS/c1-13-7-9(12)11(6-5-10)8-3-2-4-8/h8H,2-7H2,1H3. The van der Waals surface area contributed by atoms with E-state index < -0.39 is 0 Å². The van der Waals surface area contributed by atoms with Gasteiger partial charge in [-0.1, -0.05) is 15.9 Å². The molecular weight excluding hydrogens is 250 g/mol. The molecular formula is C9H16BrNOS. The summed E-state index contributed by atoms with van der Waals surface area (Å²) in [4.78, 5) is 13.7. The molecule has 0 spiro atoms. The van der Waals surface area contributed by atoms with Crippen molar-refractivity contribution in [2.75, 3.05) is 23.9 Å². The van der Waals surface area contributed by atoms with Crippen molar-refractivity contribution in [3.8, 4) is 0 Å². The first-order chi connectivity index (χ1) is 6.29. The molecule has 1 fully saturated rings. The summed E-state index contributed by atoms with van der Waals surface area (Å²) in [5.74, 6) is 0.931. The van der Waals surface area contributed by atoms with Crippen molar-refractivity contribution >= 4 is 33.6 Å². The first kappa shape index (κ1) is 11.4. The molecule has 13 heavy (non-hydrogen) atoms. The Kier molecular flexibility index (Phi) is 5.17. The van der Waals surface area contributed by atoms with E-state index in [-0.39, 0.29) is 0 Å². The molecule has 76 valence electrons. The van der Waals surface area contributed by atoms with Gasteiger partial charge in [-0.2, -0.15) is 11.8 Å². The summed E-state index contributed by atoms with van der Waals surface area (Å²) < 4.78 is 0. The van der Waals surface area contributed by atoms with E-state index in [2.05, 4.69) is 15.9 Å². The topological polar surface area (TPSA) is 20.3 Å². The second kappa shape index (κ2) is 5.91. The van der Waals surface area contributed by atoms with Crippen LogP contribution in [0.3, 0.4) is 0 Å². The fourth-order valence-electron chi connectivity index (χ4n) is 1.51. The summed E-state index contributed by atoms with van der Waals surface area (Å²) in [6.45, 7) is 0.865. The van der Waals surface area contributed by atoms with Crippen LogP contribution < -0.4 is 0 Å². The van der Waals surface area contributed by atoms with E-state index in [1.54, 1.807) is 11.8 Å². The van der Waals surface area contributed by atoms with Gasteiger partial charge in [0.25, 0.3) is 0 Å². The molecule has 1 aliphatic rings. The molecule has 2 nitrogen and oxygen atoms in total. The lowest BCUT2D eigenvalue weighted by molar-refractivity contribution is -0.131. The molecule has 1 aliphatic carbocycles. The first-order valence-electron chi connectivity index (χ1n) is 4.64. The number of nitrogens with zero attached hydrogens (tertiary/aromatic N) is 1. The minimum Gasteiger partial charge on any atom is -0.338 e. The highest BCUT2D eigenvalue weighted by molar-refractivity contribution is 9.09. The van der Waals surface area contributed by atoms with Gasteiger partial charge in [-0.05, 0) is 25.5 Å². The number of thioether (sulfide) groups is 1. The Bertz CT molecular complexity index is 173. The Morgan fingerprint density at radius 1 is 1.62 bits per heavy atom. The van der Waals surface area contributed by atoms with E-state index in [0.29, 0.717) is 17.7 Å². The van der Waals surface area contributed by atoms with E-state index in [9.17, 15) is 4.79 Å². The summed E-state index contributed by atoms with van der Waals surface area (Å²) in [6.07, 6.45) is 5.67. The minimum absolute atomic E-state index is 0.302. The van der Waals surface area contributed by atoms with Crippen LogP contribution >= 0.6 is 27.7 Å². The molecule has 0 aromatic rings. The fourth-order valence-corrected chi connectivity index (χ4v) is 2.30. The van der Waals surface area contributed by atoms with E-state index in [1.165, 1.54) is 19.3 Å². The van der Waals surface area contributed by atoms with Gasteiger partial charge in [0.05, 0.1) is 5.75 Å². The van der Waals surface area contributed by atoms with Crippen LogP contribution in [0.15, 0.2) is 0 Å². The predicted octanol–water partition coefficient (Wildman–Crippen LogP) is 2.13. The van der Waals surface area contributed by atoms with Gasteiger partial charge in [-0.3, -0.25) is 4.79 Å². The number of hydrogen-bond acceptors (Lipinski definition) is 2. The Hall–Kier alpha value is 0.300. The highest BCUT2D eigenvalue weighted by Crippen LogP contribution is 2.25. The predicted molar refractivity (Wildman–Crippen MR) is 61.5 cm³/mol. The Labute approximate surface area is 92.6 Å². The zero-order chi connectivity index (χ0) is 9.68. The van der Waals surface area contributed by atoms with Crippen LogP contribution in [0.1, 0.15) is 19.3 Å². The molecule has 0 unspecified atom stereocenters. The molecule has 4 heteroatoms. The van der Waals surface area contributed by atoms with Crippen LogP contribution in [0.4, 0.5) is 0 Å². The molecule has 0 N–H and O–H groups in total. The maximum absolute atomic E-state index is 11.7. The largest absolute Gasteiger partial charge is 0.338 e. The van der Waals surface area contributed by atoms with Gasteiger partial charge in [-0.15, -0.1) is 0 Å². The second-order valence-corrected chi connectivity index (χ2v) is 4.95. The zero-order valence-corrected chi connectivity index (χ0v) is 10.4. The number of carbonyl (C=O) groups excluding carboxylic acids is 1. The highest BCUT2D eigenvalue weighted by atomic mass is 79.9. The molecule has 1 saturated carbocycles. The van der Waals surface area contributed by atoms with Crippen LogP contribution in [-0.4, -0.2) is 40.7 Å². The maximum Gasteiger partial charge on any atom is 0.232 e. The fraction of sp³-hybridized carbons (Fsp3) is 0.889. The van der Waals surface area contributed by atoms with Gasteiger partial charge < -0.3 is 4.90 Å². The van der Waals surface area contributed by atoms with Gasteiger partial charge in [0.1, 0.15) is 0 Å². The van der Waals surface area contributed by atoms with Crippen molar-refractivity contribution in [1.82, 2.24) is 4.90 Å². The number of alkyl halides is 1. The van der Waals surface area contributed by atoms with Gasteiger partial charge in [0, 0.05) is 17.9 Å². The molecule has 1 rings (SSSR count). The Morgan fingerprint density at radius 3 is 2.69 bits per heavy atom. The minimum atomic E-state index is 0.302. The SMILES string of the molecule is CSCC(=O)N(CCBr)C1CCC1. The second-order valence-electron chi connectivity index (χ2n) is 3.29. The number of rotatable bonds is 5. The monoisotopic (exact) mass is 265 g/mol. The van der Waals surface area contributed by atoms with Crippen molar-refractivity contribution in [3.05, 3.63) is 0 Å². The third kappa shape index (κ3) is 3.17. The summed E-state index contributed by atoms with van der Waals surface area (Å²) in [5, 5.41) is 0.892. The molecule has 0 aromatic heterocycles. The van der Waals surface area contributed by atoms with E-state index >= 15 is 0 Å². The lowest BCUT2D eigenvalue weighted by atomic mass is 9.91. The van der Waals surface area contributed by atoms with Crippen molar-refractivity contribution in [2.45, 2.75) is 25.3 Å². The summed E-state index contributed by atoms with van der Waals surface area (Å²) in [7, 11) is 0. The highest BCUT2D eigenvalue weighted by Gasteiger charge is 2.27. The van der Waals surface area contributed by atoms with Crippen LogP contribution in [0, 0.1) is 0 Å². The number of hydrogen-bond donors (Lipinski definition) is 0. The van der Waals surface area contributed by atoms with E-state index in [4.69, 9.17) is 0 Å². The number of carbonyl (C=O) groups is 1. The van der Waals surface area contributed by atoms with Crippen molar-refractivity contribution in [2.24, 2.45) is 0 Å². The first-order valence-corrected chi connectivity index (χ1v) is 7.15. The Morgan fingerprint density at radius 2 is 2.31 bits per heavy atom. The lowest BCUT2D eigenvalue weighted by Gasteiger charge is -2.37. The lowest BCUT2D eigenvalue weighted by Crippen LogP contribution is -2.46. The average molecular weight is 266 g/mol. The molecule has 1 amide bonds. The number of amides is 1. The Balaban J connectivity index is 2.40. The molecule has 0 aromatic carbocycles. The van der Waals surface area contributed by atoms with Gasteiger partial charge in [0.2, 0.25) is 5.91 Å². The van der Waals surface area contributed by atoms with Crippen LogP contribution in [0.25, 0.3) is 0 Å². The normalized spacial score (nSPS) is 16.8. The smallest absolute Gasteiger partial charge is 0.232 e. The average Bonchev–Trinajstić information content (AvgIpc) is 2.01. The molecule has 0 atom stereocenters. The van der Waals surface area contributed by atoms with E-state index in [0.717, 1.165) is 11.9 Å². The van der Waals surface area contributed by atoms with Crippen LogP contribution in [0.2, 0.25) is 0 Å². The molecule has 0 aliphatic heterocycles. The summed E-state index contributed by atoms with van der Waals surface area (Å²) in [5.41, 5.74) is 0. The van der Waals surface area contributed by atoms with Gasteiger partial charge in [0.15, 0.2) is 0 Å². The van der Waals surface area contributed by atoms with Crippen molar-refractivity contribution < 1.29 is 4.79 Å². The summed E-state index contributed by atoms with van der Waals surface area (Å²) >= 11 is 5.00. The third-order valence-corrected chi connectivity index (χ3v) is 3.32. The quantitative estimate of drug-likeness (QED) is 0.710. The van der Waals surface area contributed by atoms with Crippen molar-refractivity contribution in [1.29, 1.82) is 0 Å². The van der Waals surface area contributed by atoms with Crippen LogP contribution in [0.5, 0.6) is 0 Å². The van der Waals surface area contributed by atoms with Gasteiger partial charge in [-0.25, -0.2) is 0 Å². The summed E-state index contributed by atoms with van der Waals surface area (Å²) in [6, 6.07) is 0.539. The third-order valence-electron chi connectivity index (χ3n) is 2.43. The van der Waals surface area contributed by atoms with Gasteiger partial charge >= 0.3 is 0 Å². The molecule has 0 heterocycles. The van der Waals surface area contributed by atoms with Crippen molar-refractivity contribution in [3.63, 3.8) is 0 Å².